The SMILES string of the molecule is Cc1ccsc1C(=O)N1CCC(OCCO)CC1. The van der Waals surface area contributed by atoms with Gasteiger partial charge in [0.05, 0.1) is 24.2 Å². The molecule has 0 unspecified atom stereocenters. The van der Waals surface area contributed by atoms with E-state index in [0.717, 1.165) is 36.4 Å². The van der Waals surface area contributed by atoms with Crippen LogP contribution in [0.15, 0.2) is 11.4 Å². The number of thiophene rings is 1. The highest BCUT2D eigenvalue weighted by molar-refractivity contribution is 7.12. The van der Waals surface area contributed by atoms with Crippen molar-refractivity contribution < 1.29 is 14.6 Å². The van der Waals surface area contributed by atoms with Gasteiger partial charge in [0.1, 0.15) is 0 Å². The molecule has 4 nitrogen and oxygen atoms in total. The summed E-state index contributed by atoms with van der Waals surface area (Å²) in [4.78, 5) is 15.0. The Hall–Kier alpha value is -0.910. The van der Waals surface area contributed by atoms with Gasteiger partial charge in [-0.2, -0.15) is 0 Å². The smallest absolute Gasteiger partial charge is 0.264 e. The van der Waals surface area contributed by atoms with E-state index in [1.165, 1.54) is 11.3 Å². The molecule has 2 heterocycles. The van der Waals surface area contributed by atoms with Gasteiger partial charge in [0, 0.05) is 13.1 Å². The first-order valence-electron chi connectivity index (χ1n) is 6.28. The summed E-state index contributed by atoms with van der Waals surface area (Å²) in [5.74, 6) is 0.142. The van der Waals surface area contributed by atoms with Crippen LogP contribution in [0, 0.1) is 6.92 Å². The maximum atomic E-state index is 12.3. The Labute approximate surface area is 111 Å². The highest BCUT2D eigenvalue weighted by Gasteiger charge is 2.25. The molecule has 0 aliphatic carbocycles. The summed E-state index contributed by atoms with van der Waals surface area (Å²) in [6, 6.07) is 1.98. The summed E-state index contributed by atoms with van der Waals surface area (Å²) in [5.41, 5.74) is 1.06. The molecule has 0 aromatic carbocycles. The lowest BCUT2D eigenvalue weighted by molar-refractivity contribution is -0.00546. The Kier molecular flexibility index (Phi) is 4.74. The number of ether oxygens (including phenoxy) is 1. The Balaban J connectivity index is 1.86. The molecule has 1 fully saturated rings. The number of hydrogen-bond donors (Lipinski definition) is 1. The van der Waals surface area contributed by atoms with Gasteiger partial charge in [0.25, 0.3) is 5.91 Å². The lowest BCUT2D eigenvalue weighted by Gasteiger charge is -2.31. The van der Waals surface area contributed by atoms with Gasteiger partial charge in [0.15, 0.2) is 0 Å². The van der Waals surface area contributed by atoms with Crippen molar-refractivity contribution >= 4 is 17.2 Å². The molecule has 5 heteroatoms. The van der Waals surface area contributed by atoms with Crippen molar-refractivity contribution in [1.29, 1.82) is 0 Å². The second kappa shape index (κ2) is 6.31. The van der Waals surface area contributed by atoms with Crippen LogP contribution in [-0.4, -0.2) is 48.3 Å². The first kappa shape index (κ1) is 13.5. The molecule has 1 aromatic heterocycles. The lowest BCUT2D eigenvalue weighted by atomic mass is 10.1. The Morgan fingerprint density at radius 3 is 2.83 bits per heavy atom. The molecule has 0 spiro atoms. The van der Waals surface area contributed by atoms with E-state index >= 15 is 0 Å². The number of aliphatic hydroxyl groups excluding tert-OH is 1. The molecular weight excluding hydrogens is 250 g/mol. The van der Waals surface area contributed by atoms with Crippen molar-refractivity contribution in [3.05, 3.63) is 21.9 Å². The molecule has 1 aliphatic heterocycles. The normalized spacial score (nSPS) is 17.1. The molecule has 1 amide bonds. The van der Waals surface area contributed by atoms with Gasteiger partial charge in [-0.25, -0.2) is 0 Å². The van der Waals surface area contributed by atoms with Gasteiger partial charge in [-0.15, -0.1) is 11.3 Å². The van der Waals surface area contributed by atoms with E-state index < -0.39 is 0 Å². The number of likely N-dealkylation sites (tertiary alicyclic amines) is 1. The fraction of sp³-hybridized carbons (Fsp3) is 0.615. The monoisotopic (exact) mass is 269 g/mol. The van der Waals surface area contributed by atoms with Crippen LogP contribution < -0.4 is 0 Å². The number of aliphatic hydroxyl groups is 1. The van der Waals surface area contributed by atoms with E-state index in [4.69, 9.17) is 9.84 Å². The number of rotatable bonds is 4. The summed E-state index contributed by atoms with van der Waals surface area (Å²) in [7, 11) is 0. The Bertz CT molecular complexity index is 397. The molecule has 18 heavy (non-hydrogen) atoms. The van der Waals surface area contributed by atoms with Crippen LogP contribution in [0.1, 0.15) is 28.1 Å². The zero-order valence-corrected chi connectivity index (χ0v) is 11.4. The van der Waals surface area contributed by atoms with Crippen LogP contribution in [-0.2, 0) is 4.74 Å². The molecule has 0 saturated carbocycles. The van der Waals surface area contributed by atoms with Crippen molar-refractivity contribution in [1.82, 2.24) is 4.90 Å². The minimum Gasteiger partial charge on any atom is -0.394 e. The summed E-state index contributed by atoms with van der Waals surface area (Å²) in [6.45, 7) is 3.91. The quantitative estimate of drug-likeness (QED) is 0.904. The number of carbonyl (C=O) groups excluding carboxylic acids is 1. The Morgan fingerprint density at radius 2 is 2.28 bits per heavy atom. The highest BCUT2D eigenvalue weighted by Crippen LogP contribution is 2.21. The Morgan fingerprint density at radius 1 is 1.56 bits per heavy atom. The van der Waals surface area contributed by atoms with Crippen LogP contribution in [0.5, 0.6) is 0 Å². The second-order valence-corrected chi connectivity index (χ2v) is 5.43. The lowest BCUT2D eigenvalue weighted by Crippen LogP contribution is -2.41. The summed E-state index contributed by atoms with van der Waals surface area (Å²) >= 11 is 1.51. The highest BCUT2D eigenvalue weighted by atomic mass is 32.1. The molecule has 0 radical (unpaired) electrons. The fourth-order valence-electron chi connectivity index (χ4n) is 2.18. The molecular formula is C13H19NO3S. The molecule has 1 aromatic rings. The second-order valence-electron chi connectivity index (χ2n) is 4.52. The molecule has 100 valence electrons. The minimum atomic E-state index is 0.0630. The zero-order valence-electron chi connectivity index (χ0n) is 10.6. The summed E-state index contributed by atoms with van der Waals surface area (Å²) < 4.78 is 5.49. The largest absolute Gasteiger partial charge is 0.394 e. The van der Waals surface area contributed by atoms with Gasteiger partial charge in [-0.05, 0) is 36.8 Å². The zero-order chi connectivity index (χ0) is 13.0. The molecule has 1 saturated heterocycles. The van der Waals surface area contributed by atoms with E-state index in [1.54, 1.807) is 0 Å². The van der Waals surface area contributed by atoms with E-state index in [2.05, 4.69) is 0 Å². The number of piperidine rings is 1. The third kappa shape index (κ3) is 3.10. The van der Waals surface area contributed by atoms with Gasteiger partial charge in [-0.1, -0.05) is 0 Å². The standard InChI is InChI=1S/C13H19NO3S/c1-10-4-9-18-12(10)13(16)14-5-2-11(3-6-14)17-8-7-15/h4,9,11,15H,2-3,5-8H2,1H3. The molecule has 1 aliphatic rings. The van der Waals surface area contributed by atoms with Gasteiger partial charge < -0.3 is 14.7 Å². The van der Waals surface area contributed by atoms with Crippen molar-refractivity contribution in [3.63, 3.8) is 0 Å². The first-order chi connectivity index (χ1) is 8.72. The number of carbonyl (C=O) groups is 1. The predicted octanol–water partition coefficient (Wildman–Crippen LogP) is 1.67. The molecule has 1 N–H and O–H groups in total. The first-order valence-corrected chi connectivity index (χ1v) is 7.16. The van der Waals surface area contributed by atoms with Crippen LogP contribution in [0.25, 0.3) is 0 Å². The maximum absolute atomic E-state index is 12.3. The average molecular weight is 269 g/mol. The van der Waals surface area contributed by atoms with E-state index in [-0.39, 0.29) is 18.6 Å². The number of hydrogen-bond acceptors (Lipinski definition) is 4. The van der Waals surface area contributed by atoms with E-state index in [9.17, 15) is 4.79 Å². The summed E-state index contributed by atoms with van der Waals surface area (Å²) in [5, 5.41) is 10.7. The number of aryl methyl sites for hydroxylation is 1. The molecule has 0 atom stereocenters. The van der Waals surface area contributed by atoms with Crippen LogP contribution in [0.2, 0.25) is 0 Å². The topological polar surface area (TPSA) is 49.8 Å². The van der Waals surface area contributed by atoms with Crippen LogP contribution in [0.3, 0.4) is 0 Å². The van der Waals surface area contributed by atoms with E-state index in [0.29, 0.717) is 6.61 Å². The number of nitrogens with zero attached hydrogens (tertiary/aromatic N) is 1. The van der Waals surface area contributed by atoms with Crippen molar-refractivity contribution in [2.75, 3.05) is 26.3 Å². The van der Waals surface area contributed by atoms with Crippen LogP contribution in [0.4, 0.5) is 0 Å². The van der Waals surface area contributed by atoms with Crippen LogP contribution >= 0.6 is 11.3 Å². The third-order valence-electron chi connectivity index (χ3n) is 3.23. The van der Waals surface area contributed by atoms with Crippen molar-refractivity contribution in [3.8, 4) is 0 Å². The minimum absolute atomic E-state index is 0.0630. The van der Waals surface area contributed by atoms with Gasteiger partial charge in [0.2, 0.25) is 0 Å². The van der Waals surface area contributed by atoms with Crippen molar-refractivity contribution in [2.24, 2.45) is 0 Å². The molecule has 0 bridgehead atoms. The molecule has 2 rings (SSSR count). The summed E-state index contributed by atoms with van der Waals surface area (Å²) in [6.07, 6.45) is 1.90. The third-order valence-corrected chi connectivity index (χ3v) is 4.23. The van der Waals surface area contributed by atoms with Gasteiger partial charge in [-0.3, -0.25) is 4.79 Å². The number of amides is 1. The van der Waals surface area contributed by atoms with Gasteiger partial charge >= 0.3 is 0 Å². The van der Waals surface area contributed by atoms with E-state index in [1.807, 2.05) is 23.3 Å². The predicted molar refractivity (Wildman–Crippen MR) is 71.0 cm³/mol. The van der Waals surface area contributed by atoms with Crippen molar-refractivity contribution in [2.45, 2.75) is 25.9 Å². The fourth-order valence-corrected chi connectivity index (χ4v) is 3.07. The maximum Gasteiger partial charge on any atom is 0.264 e. The average Bonchev–Trinajstić information content (AvgIpc) is 2.82.